The second kappa shape index (κ2) is 5.13. The Hall–Kier alpha value is -1.08. The van der Waals surface area contributed by atoms with Gasteiger partial charge < -0.3 is 5.73 Å². The van der Waals surface area contributed by atoms with Crippen LogP contribution in [0.3, 0.4) is 0 Å². The quantitative estimate of drug-likeness (QED) is 0.797. The number of benzene rings is 1. The molecule has 1 aromatic rings. The van der Waals surface area contributed by atoms with Crippen LogP contribution >= 0.6 is 0 Å². The summed E-state index contributed by atoms with van der Waals surface area (Å²) in [6.45, 7) is 0.615. The minimum absolute atomic E-state index is 0.615. The minimum Gasteiger partial charge on any atom is -0.327 e. The van der Waals surface area contributed by atoms with E-state index in [2.05, 4.69) is 30.3 Å². The van der Waals surface area contributed by atoms with Crippen molar-refractivity contribution in [2.24, 2.45) is 5.73 Å². The fraction of sp³-hybridized carbons (Fsp3) is 0.429. The average molecular weight is 201 g/mol. The van der Waals surface area contributed by atoms with Crippen molar-refractivity contribution in [3.8, 4) is 0 Å². The van der Waals surface area contributed by atoms with Gasteiger partial charge in [-0.3, -0.25) is 0 Å². The molecule has 15 heavy (non-hydrogen) atoms. The summed E-state index contributed by atoms with van der Waals surface area (Å²) in [7, 11) is 0. The highest BCUT2D eigenvalue weighted by Crippen LogP contribution is 2.33. The Kier molecular flexibility index (Phi) is 3.57. The van der Waals surface area contributed by atoms with Crippen molar-refractivity contribution in [1.82, 2.24) is 0 Å². The van der Waals surface area contributed by atoms with E-state index in [0.717, 1.165) is 5.92 Å². The lowest BCUT2D eigenvalue weighted by Gasteiger charge is -2.09. The Bertz CT molecular complexity index is 318. The molecule has 1 heteroatoms. The van der Waals surface area contributed by atoms with Crippen molar-refractivity contribution in [2.45, 2.75) is 31.6 Å². The molecule has 0 bridgehead atoms. The summed E-state index contributed by atoms with van der Waals surface area (Å²) in [5.41, 5.74) is 8.18. The summed E-state index contributed by atoms with van der Waals surface area (Å²) in [5.74, 6) is 0.817. The first-order valence-electron chi connectivity index (χ1n) is 5.87. The van der Waals surface area contributed by atoms with Crippen LogP contribution in [0.1, 0.15) is 42.7 Å². The van der Waals surface area contributed by atoms with E-state index in [0.29, 0.717) is 6.54 Å². The van der Waals surface area contributed by atoms with Gasteiger partial charge in [0.1, 0.15) is 0 Å². The van der Waals surface area contributed by atoms with Gasteiger partial charge in [0.25, 0.3) is 0 Å². The van der Waals surface area contributed by atoms with Crippen molar-refractivity contribution in [2.75, 3.05) is 6.54 Å². The van der Waals surface area contributed by atoms with Gasteiger partial charge >= 0.3 is 0 Å². The lowest BCUT2D eigenvalue weighted by molar-refractivity contribution is 0.723. The van der Waals surface area contributed by atoms with Gasteiger partial charge in [0.05, 0.1) is 0 Å². The zero-order chi connectivity index (χ0) is 10.5. The van der Waals surface area contributed by atoms with Gasteiger partial charge in [-0.1, -0.05) is 49.3 Å². The molecule has 1 saturated carbocycles. The Balaban J connectivity index is 2.06. The van der Waals surface area contributed by atoms with Crippen molar-refractivity contribution < 1.29 is 0 Å². The molecule has 1 fully saturated rings. The molecule has 1 aliphatic rings. The van der Waals surface area contributed by atoms with Crippen LogP contribution in [0.25, 0.3) is 6.08 Å². The van der Waals surface area contributed by atoms with Crippen LogP contribution in [0.4, 0.5) is 0 Å². The van der Waals surface area contributed by atoms with Crippen molar-refractivity contribution in [3.63, 3.8) is 0 Å². The molecule has 0 heterocycles. The number of nitrogens with two attached hydrogens (primary N) is 1. The molecule has 0 atom stereocenters. The highest BCUT2D eigenvalue weighted by atomic mass is 14.5. The van der Waals surface area contributed by atoms with Gasteiger partial charge in [-0.05, 0) is 29.9 Å². The molecule has 1 nitrogen and oxygen atoms in total. The third-order valence-electron chi connectivity index (χ3n) is 3.21. The first kappa shape index (κ1) is 10.4. The summed E-state index contributed by atoms with van der Waals surface area (Å²) < 4.78 is 0. The maximum Gasteiger partial charge on any atom is 0.0110 e. The summed E-state index contributed by atoms with van der Waals surface area (Å²) in [6, 6.07) is 8.93. The zero-order valence-electron chi connectivity index (χ0n) is 9.15. The van der Waals surface area contributed by atoms with Gasteiger partial charge in [-0.25, -0.2) is 0 Å². The molecule has 2 N–H and O–H groups in total. The van der Waals surface area contributed by atoms with Crippen LogP contribution in [-0.2, 0) is 0 Å². The second-order valence-corrected chi connectivity index (χ2v) is 4.29. The van der Waals surface area contributed by atoms with E-state index in [1.54, 1.807) is 0 Å². The Morgan fingerprint density at radius 2 is 1.80 bits per heavy atom. The standard InChI is InChI=1S/C14H19N/c15-11-3-4-12-7-9-14(10-8-12)13-5-1-2-6-13/h3-4,7-10,13H,1-2,5-6,11,15H2/b4-3+. The van der Waals surface area contributed by atoms with Crippen molar-refractivity contribution in [1.29, 1.82) is 0 Å². The summed E-state index contributed by atoms with van der Waals surface area (Å²) >= 11 is 0. The molecule has 0 unspecified atom stereocenters. The molecule has 0 amide bonds. The normalized spacial score (nSPS) is 17.7. The van der Waals surface area contributed by atoms with E-state index < -0.39 is 0 Å². The van der Waals surface area contributed by atoms with Crippen LogP contribution in [0.15, 0.2) is 30.3 Å². The van der Waals surface area contributed by atoms with Gasteiger partial charge in [0.2, 0.25) is 0 Å². The molecule has 0 aromatic heterocycles. The smallest absolute Gasteiger partial charge is 0.0110 e. The molecule has 2 rings (SSSR count). The van der Waals surface area contributed by atoms with E-state index in [4.69, 9.17) is 5.73 Å². The van der Waals surface area contributed by atoms with E-state index >= 15 is 0 Å². The first-order chi connectivity index (χ1) is 7.40. The molecule has 0 saturated heterocycles. The molecule has 1 aliphatic carbocycles. The van der Waals surface area contributed by atoms with Crippen molar-refractivity contribution in [3.05, 3.63) is 41.5 Å². The summed E-state index contributed by atoms with van der Waals surface area (Å²) in [5, 5.41) is 0. The van der Waals surface area contributed by atoms with E-state index in [1.165, 1.54) is 36.8 Å². The molecule has 0 spiro atoms. The number of hydrogen-bond donors (Lipinski definition) is 1. The highest BCUT2D eigenvalue weighted by Gasteiger charge is 2.16. The number of rotatable bonds is 3. The fourth-order valence-electron chi connectivity index (χ4n) is 2.34. The van der Waals surface area contributed by atoms with E-state index in [1.807, 2.05) is 6.08 Å². The lowest BCUT2D eigenvalue weighted by Crippen LogP contribution is -1.93. The van der Waals surface area contributed by atoms with Crippen LogP contribution in [0.2, 0.25) is 0 Å². The predicted octanol–water partition coefficient (Wildman–Crippen LogP) is 3.32. The largest absolute Gasteiger partial charge is 0.327 e. The number of hydrogen-bond acceptors (Lipinski definition) is 1. The first-order valence-corrected chi connectivity index (χ1v) is 5.87. The van der Waals surface area contributed by atoms with E-state index in [-0.39, 0.29) is 0 Å². The Morgan fingerprint density at radius 1 is 1.13 bits per heavy atom. The van der Waals surface area contributed by atoms with Gasteiger partial charge in [-0.2, -0.15) is 0 Å². The maximum absolute atomic E-state index is 5.42. The topological polar surface area (TPSA) is 26.0 Å². The third-order valence-corrected chi connectivity index (χ3v) is 3.21. The SMILES string of the molecule is NC/C=C/c1ccc(C2CCCC2)cc1. The van der Waals surface area contributed by atoms with Gasteiger partial charge in [0, 0.05) is 6.54 Å². The Labute approximate surface area is 92.0 Å². The van der Waals surface area contributed by atoms with E-state index in [9.17, 15) is 0 Å². The van der Waals surface area contributed by atoms with Gasteiger partial charge in [-0.15, -0.1) is 0 Å². The third kappa shape index (κ3) is 2.69. The molecular weight excluding hydrogens is 182 g/mol. The predicted molar refractivity (Wildman–Crippen MR) is 65.7 cm³/mol. The van der Waals surface area contributed by atoms with Crippen LogP contribution < -0.4 is 5.73 Å². The molecular formula is C14H19N. The van der Waals surface area contributed by atoms with Crippen LogP contribution in [0.5, 0.6) is 0 Å². The average Bonchev–Trinajstić information content (AvgIpc) is 2.80. The lowest BCUT2D eigenvalue weighted by atomic mass is 9.97. The second-order valence-electron chi connectivity index (χ2n) is 4.29. The molecule has 0 radical (unpaired) electrons. The maximum atomic E-state index is 5.42. The summed E-state index contributed by atoms with van der Waals surface area (Å²) in [4.78, 5) is 0. The van der Waals surface area contributed by atoms with Crippen LogP contribution in [-0.4, -0.2) is 6.54 Å². The fourth-order valence-corrected chi connectivity index (χ4v) is 2.34. The van der Waals surface area contributed by atoms with Crippen LogP contribution in [0, 0.1) is 0 Å². The minimum atomic E-state index is 0.615. The Morgan fingerprint density at radius 3 is 2.40 bits per heavy atom. The monoisotopic (exact) mass is 201 g/mol. The molecule has 0 aliphatic heterocycles. The zero-order valence-corrected chi connectivity index (χ0v) is 9.15. The summed E-state index contributed by atoms with van der Waals surface area (Å²) in [6.07, 6.45) is 9.62. The van der Waals surface area contributed by atoms with Crippen molar-refractivity contribution >= 4 is 6.08 Å². The van der Waals surface area contributed by atoms with Gasteiger partial charge in [0.15, 0.2) is 0 Å². The molecule has 1 aromatic carbocycles. The molecule has 80 valence electrons. The highest BCUT2D eigenvalue weighted by molar-refractivity contribution is 5.50.